The van der Waals surface area contributed by atoms with Crippen molar-refractivity contribution < 1.29 is 14.7 Å². The van der Waals surface area contributed by atoms with Crippen molar-refractivity contribution >= 4 is 23.3 Å². The third-order valence-electron chi connectivity index (χ3n) is 5.36. The molecule has 3 rings (SSSR count). The van der Waals surface area contributed by atoms with Gasteiger partial charge in [-0.25, -0.2) is 4.79 Å². The molecule has 152 valence electrons. The predicted molar refractivity (Wildman–Crippen MR) is 116 cm³/mol. The second-order valence-corrected chi connectivity index (χ2v) is 8.11. The molecule has 1 amide bonds. The number of carboxylic acid groups (broad SMARTS) is 1. The van der Waals surface area contributed by atoms with E-state index in [0.717, 1.165) is 22.5 Å². The van der Waals surface area contributed by atoms with E-state index in [1.165, 1.54) is 11.1 Å². The summed E-state index contributed by atoms with van der Waals surface area (Å²) in [5, 5.41) is 12.3. The zero-order valence-corrected chi connectivity index (χ0v) is 17.6. The third-order valence-corrected chi connectivity index (χ3v) is 5.36. The molecule has 1 heterocycles. The lowest BCUT2D eigenvalue weighted by atomic mass is 9.86. The Kier molecular flexibility index (Phi) is 5.87. The van der Waals surface area contributed by atoms with E-state index in [2.05, 4.69) is 45.1 Å². The highest BCUT2D eigenvalue weighted by molar-refractivity contribution is 6.20. The fourth-order valence-electron chi connectivity index (χ4n) is 3.71. The number of hydrogen-bond acceptors (Lipinski definition) is 3. The van der Waals surface area contributed by atoms with E-state index in [9.17, 15) is 14.7 Å². The molecule has 0 saturated heterocycles. The number of benzene rings is 2. The smallest absolute Gasteiger partial charge is 0.335 e. The standard InChI is InChI=1S/C24H28N2O3/c1-6-20-23(27)26-21-12-18(14(4)5)17(13(2)3)11-19(21)22(25-20)15-7-9-16(10-8-15)24(28)29/h7-14,20H,6H2,1-5H3,(H,26,27)(H,28,29). The van der Waals surface area contributed by atoms with Gasteiger partial charge in [0.25, 0.3) is 0 Å². The number of fused-ring (bicyclic) bond motifs is 1. The Hall–Kier alpha value is -2.95. The van der Waals surface area contributed by atoms with Gasteiger partial charge in [0.2, 0.25) is 5.91 Å². The summed E-state index contributed by atoms with van der Waals surface area (Å²) in [6, 6.07) is 10.4. The first-order valence-electron chi connectivity index (χ1n) is 10.1. The maximum absolute atomic E-state index is 12.7. The molecule has 1 unspecified atom stereocenters. The van der Waals surface area contributed by atoms with Crippen LogP contribution in [0.4, 0.5) is 5.69 Å². The van der Waals surface area contributed by atoms with Crippen molar-refractivity contribution in [1.29, 1.82) is 0 Å². The molecule has 0 aliphatic carbocycles. The lowest BCUT2D eigenvalue weighted by molar-refractivity contribution is -0.117. The largest absolute Gasteiger partial charge is 0.478 e. The van der Waals surface area contributed by atoms with Crippen molar-refractivity contribution in [3.63, 3.8) is 0 Å². The molecule has 0 radical (unpaired) electrons. The molecule has 1 aliphatic heterocycles. The lowest BCUT2D eigenvalue weighted by Gasteiger charge is -2.21. The van der Waals surface area contributed by atoms with Crippen LogP contribution in [0.5, 0.6) is 0 Å². The fraction of sp³-hybridized carbons (Fsp3) is 0.375. The number of anilines is 1. The maximum Gasteiger partial charge on any atom is 0.335 e. The Balaban J connectivity index is 2.25. The van der Waals surface area contributed by atoms with Crippen LogP contribution in [-0.2, 0) is 4.79 Å². The normalized spacial score (nSPS) is 16.3. The van der Waals surface area contributed by atoms with Crippen LogP contribution in [0.25, 0.3) is 0 Å². The molecule has 2 aromatic rings. The summed E-state index contributed by atoms with van der Waals surface area (Å²) in [6.45, 7) is 10.6. The fourth-order valence-corrected chi connectivity index (χ4v) is 3.71. The predicted octanol–water partition coefficient (Wildman–Crippen LogP) is 5.20. The van der Waals surface area contributed by atoms with Gasteiger partial charge in [0.1, 0.15) is 6.04 Å². The Labute approximate surface area is 171 Å². The van der Waals surface area contributed by atoms with E-state index >= 15 is 0 Å². The van der Waals surface area contributed by atoms with Crippen molar-refractivity contribution in [1.82, 2.24) is 0 Å². The molecule has 0 spiro atoms. The van der Waals surface area contributed by atoms with Gasteiger partial charge in [-0.3, -0.25) is 9.79 Å². The molecule has 0 fully saturated rings. The Morgan fingerprint density at radius 3 is 2.17 bits per heavy atom. The topological polar surface area (TPSA) is 78.8 Å². The van der Waals surface area contributed by atoms with Gasteiger partial charge < -0.3 is 10.4 Å². The van der Waals surface area contributed by atoms with Crippen LogP contribution in [0.2, 0.25) is 0 Å². The van der Waals surface area contributed by atoms with Gasteiger partial charge in [-0.05, 0) is 53.6 Å². The van der Waals surface area contributed by atoms with E-state index in [1.807, 2.05) is 6.92 Å². The average molecular weight is 392 g/mol. The van der Waals surface area contributed by atoms with Crippen molar-refractivity contribution in [2.75, 3.05) is 5.32 Å². The van der Waals surface area contributed by atoms with Crippen molar-refractivity contribution in [3.8, 4) is 0 Å². The minimum Gasteiger partial charge on any atom is -0.478 e. The van der Waals surface area contributed by atoms with Gasteiger partial charge in [-0.1, -0.05) is 46.8 Å². The van der Waals surface area contributed by atoms with Gasteiger partial charge in [-0.2, -0.15) is 0 Å². The van der Waals surface area contributed by atoms with Crippen LogP contribution in [0.3, 0.4) is 0 Å². The first-order valence-corrected chi connectivity index (χ1v) is 10.1. The Morgan fingerprint density at radius 2 is 1.66 bits per heavy atom. The molecule has 0 saturated carbocycles. The molecule has 2 N–H and O–H groups in total. The molecule has 1 aliphatic rings. The molecule has 5 heteroatoms. The minimum absolute atomic E-state index is 0.113. The Bertz CT molecular complexity index is 972. The van der Waals surface area contributed by atoms with Gasteiger partial charge >= 0.3 is 5.97 Å². The lowest BCUT2D eigenvalue weighted by Crippen LogP contribution is -2.24. The maximum atomic E-state index is 12.7. The van der Waals surface area contributed by atoms with Crippen molar-refractivity contribution in [2.24, 2.45) is 4.99 Å². The molecular weight excluding hydrogens is 364 g/mol. The van der Waals surface area contributed by atoms with Crippen molar-refractivity contribution in [3.05, 3.63) is 64.2 Å². The monoisotopic (exact) mass is 392 g/mol. The highest BCUT2D eigenvalue weighted by Gasteiger charge is 2.27. The number of benzodiazepines with no additional fused rings is 1. The first-order chi connectivity index (χ1) is 13.7. The van der Waals surface area contributed by atoms with E-state index in [0.29, 0.717) is 18.3 Å². The summed E-state index contributed by atoms with van der Waals surface area (Å²) in [6.07, 6.45) is 0.588. The number of aliphatic imine (C=N–C) groups is 1. The number of nitrogens with one attached hydrogen (secondary N) is 1. The van der Waals surface area contributed by atoms with Gasteiger partial charge in [-0.15, -0.1) is 0 Å². The summed E-state index contributed by atoms with van der Waals surface area (Å²) >= 11 is 0. The highest BCUT2D eigenvalue weighted by Crippen LogP contribution is 2.34. The molecule has 1 atom stereocenters. The number of carbonyl (C=O) groups excluding carboxylic acids is 1. The number of rotatable bonds is 5. The molecule has 2 aromatic carbocycles. The minimum atomic E-state index is -0.966. The summed E-state index contributed by atoms with van der Waals surface area (Å²) in [4.78, 5) is 28.7. The second-order valence-electron chi connectivity index (χ2n) is 8.11. The van der Waals surface area contributed by atoms with Crippen LogP contribution in [0.1, 0.15) is 85.5 Å². The summed E-state index contributed by atoms with van der Waals surface area (Å²) in [5.41, 5.74) is 5.85. The highest BCUT2D eigenvalue weighted by atomic mass is 16.4. The van der Waals surface area contributed by atoms with Crippen LogP contribution in [0, 0.1) is 0 Å². The van der Waals surface area contributed by atoms with Crippen molar-refractivity contribution in [2.45, 2.75) is 58.9 Å². The summed E-state index contributed by atoms with van der Waals surface area (Å²) in [5.74, 6) is -0.422. The molecular formula is C24H28N2O3. The number of aromatic carboxylic acids is 1. The zero-order chi connectivity index (χ0) is 21.3. The van der Waals surface area contributed by atoms with Crippen LogP contribution < -0.4 is 5.32 Å². The number of carboxylic acids is 1. The first kappa shape index (κ1) is 20.8. The average Bonchev–Trinajstić information content (AvgIpc) is 2.82. The van der Waals surface area contributed by atoms with E-state index in [4.69, 9.17) is 4.99 Å². The summed E-state index contributed by atoms with van der Waals surface area (Å²) in [7, 11) is 0. The molecule has 0 bridgehead atoms. The third kappa shape index (κ3) is 4.09. The van der Waals surface area contributed by atoms with Crippen LogP contribution in [-0.4, -0.2) is 28.7 Å². The van der Waals surface area contributed by atoms with E-state index in [-0.39, 0.29) is 11.5 Å². The van der Waals surface area contributed by atoms with E-state index in [1.54, 1.807) is 24.3 Å². The number of hydrogen-bond donors (Lipinski definition) is 2. The van der Waals surface area contributed by atoms with E-state index < -0.39 is 12.0 Å². The van der Waals surface area contributed by atoms with Gasteiger partial charge in [0.05, 0.1) is 17.0 Å². The second kappa shape index (κ2) is 8.19. The van der Waals surface area contributed by atoms with Gasteiger partial charge in [0, 0.05) is 11.1 Å². The molecule has 5 nitrogen and oxygen atoms in total. The quantitative estimate of drug-likeness (QED) is 0.734. The zero-order valence-electron chi connectivity index (χ0n) is 17.6. The van der Waals surface area contributed by atoms with Crippen LogP contribution >= 0.6 is 0 Å². The number of amides is 1. The number of nitrogens with zero attached hydrogens (tertiary/aromatic N) is 1. The van der Waals surface area contributed by atoms with Crippen LogP contribution in [0.15, 0.2) is 41.4 Å². The Morgan fingerprint density at radius 1 is 1.07 bits per heavy atom. The van der Waals surface area contributed by atoms with Gasteiger partial charge in [0.15, 0.2) is 0 Å². The number of carbonyl (C=O) groups is 2. The molecule has 29 heavy (non-hydrogen) atoms. The SMILES string of the molecule is CCC1N=C(c2ccc(C(=O)O)cc2)c2cc(C(C)C)c(C(C)C)cc2NC1=O. The molecule has 0 aromatic heterocycles. The summed E-state index contributed by atoms with van der Waals surface area (Å²) < 4.78 is 0.